The lowest BCUT2D eigenvalue weighted by molar-refractivity contribution is -0.0880. The Morgan fingerprint density at radius 1 is 1.27 bits per heavy atom. The van der Waals surface area contributed by atoms with Gasteiger partial charge >= 0.3 is 0 Å². The second-order valence-corrected chi connectivity index (χ2v) is 3.75. The van der Waals surface area contributed by atoms with Gasteiger partial charge in [0.05, 0.1) is 12.5 Å². The molecule has 2 heteroatoms. The van der Waals surface area contributed by atoms with Crippen LogP contribution in [-0.4, -0.2) is 11.7 Å². The van der Waals surface area contributed by atoms with Crippen molar-refractivity contribution in [2.45, 2.75) is 58.2 Å². The number of hydrogen-bond acceptors (Lipinski definition) is 2. The normalized spacial score (nSPS) is 16.2. The van der Waals surface area contributed by atoms with Gasteiger partial charge in [0.15, 0.2) is 0 Å². The first-order valence-corrected chi connectivity index (χ1v) is 5.72. The first-order valence-electron chi connectivity index (χ1n) is 5.72. The van der Waals surface area contributed by atoms with Crippen LogP contribution in [0.1, 0.15) is 46.5 Å². The molecule has 0 N–H and O–H groups in total. The van der Waals surface area contributed by atoms with Crippen molar-refractivity contribution >= 4 is 0 Å². The summed E-state index contributed by atoms with van der Waals surface area (Å²) in [5, 5.41) is 0. The van der Waals surface area contributed by atoms with Crippen LogP contribution in [0.2, 0.25) is 0 Å². The lowest BCUT2D eigenvalue weighted by atomic mass is 9.88. The molecule has 0 aromatic carbocycles. The Bertz CT molecular complexity index is 189. The van der Waals surface area contributed by atoms with E-state index < -0.39 is 0 Å². The minimum atomic E-state index is -0.258. The summed E-state index contributed by atoms with van der Waals surface area (Å²) in [6.07, 6.45) is 7.18. The van der Waals surface area contributed by atoms with Crippen LogP contribution in [0.5, 0.6) is 0 Å². The maximum atomic E-state index is 5.69. The Hall–Kier alpha value is -0.920. The fraction of sp³-hybridized carbons (Fsp3) is 0.692. The van der Waals surface area contributed by atoms with E-state index in [9.17, 15) is 0 Å². The molecule has 0 rings (SSSR count). The molecule has 0 saturated heterocycles. The maximum absolute atomic E-state index is 5.69. The first-order chi connectivity index (χ1) is 7.16. The Kier molecular flexibility index (Phi) is 6.93. The van der Waals surface area contributed by atoms with E-state index in [1.165, 1.54) is 12.5 Å². The fourth-order valence-corrected chi connectivity index (χ4v) is 1.82. The number of hydrogen-bond donors (Lipinski definition) is 0. The van der Waals surface area contributed by atoms with Crippen molar-refractivity contribution in [3.8, 4) is 0 Å². The van der Waals surface area contributed by atoms with Crippen molar-refractivity contribution in [2.75, 3.05) is 0 Å². The van der Waals surface area contributed by atoms with Gasteiger partial charge in [-0.05, 0) is 26.2 Å². The Labute approximate surface area is 94.0 Å². The van der Waals surface area contributed by atoms with E-state index in [2.05, 4.69) is 27.0 Å². The Morgan fingerprint density at radius 3 is 2.33 bits per heavy atom. The molecule has 2 unspecified atom stereocenters. The average molecular weight is 212 g/mol. The van der Waals surface area contributed by atoms with Gasteiger partial charge in [0.1, 0.15) is 11.7 Å². The van der Waals surface area contributed by atoms with Crippen LogP contribution in [0, 0.1) is 0 Å². The van der Waals surface area contributed by atoms with Crippen LogP contribution in [0.3, 0.4) is 0 Å². The zero-order chi connectivity index (χ0) is 11.7. The highest BCUT2D eigenvalue weighted by Gasteiger charge is 2.36. The van der Waals surface area contributed by atoms with E-state index in [-0.39, 0.29) is 11.7 Å². The van der Waals surface area contributed by atoms with Gasteiger partial charge in [0.25, 0.3) is 0 Å². The van der Waals surface area contributed by atoms with Gasteiger partial charge in [-0.25, -0.2) is 0 Å². The van der Waals surface area contributed by atoms with Crippen molar-refractivity contribution in [1.29, 1.82) is 0 Å². The van der Waals surface area contributed by atoms with Gasteiger partial charge in [-0.1, -0.05) is 33.4 Å². The predicted molar refractivity (Wildman–Crippen MR) is 64.6 cm³/mol. The topological polar surface area (TPSA) is 18.5 Å². The summed E-state index contributed by atoms with van der Waals surface area (Å²) in [7, 11) is 0. The molecule has 2 nitrogen and oxygen atoms in total. The molecular weight excluding hydrogens is 188 g/mol. The van der Waals surface area contributed by atoms with Gasteiger partial charge in [0, 0.05) is 0 Å². The SMILES string of the molecule is C=COC(C)C(CC)(CCCC)OC=C. The molecule has 0 aromatic rings. The van der Waals surface area contributed by atoms with Gasteiger partial charge in [-0.3, -0.25) is 0 Å². The zero-order valence-electron chi connectivity index (χ0n) is 10.3. The van der Waals surface area contributed by atoms with Gasteiger partial charge < -0.3 is 9.47 Å². The second-order valence-electron chi connectivity index (χ2n) is 3.75. The third-order valence-corrected chi connectivity index (χ3v) is 2.91. The molecule has 0 spiro atoms. The van der Waals surface area contributed by atoms with Crippen LogP contribution in [0.15, 0.2) is 25.7 Å². The summed E-state index contributed by atoms with van der Waals surface area (Å²) in [5.74, 6) is 0. The molecular formula is C13H24O2. The van der Waals surface area contributed by atoms with Crippen LogP contribution in [0.25, 0.3) is 0 Å². The summed E-state index contributed by atoms with van der Waals surface area (Å²) < 4.78 is 11.1. The molecule has 0 bridgehead atoms. The first kappa shape index (κ1) is 14.1. The standard InChI is InChI=1S/C13H24O2/c1-6-10-11-13(7-2,15-9-4)12(5)14-8-3/h8-9,12H,3-4,6-7,10-11H2,1-2,5H3. The van der Waals surface area contributed by atoms with Crippen LogP contribution >= 0.6 is 0 Å². The highest BCUT2D eigenvalue weighted by molar-refractivity contribution is 4.88. The molecule has 0 amide bonds. The molecule has 0 aliphatic rings. The molecule has 0 heterocycles. The largest absolute Gasteiger partial charge is 0.495 e. The summed E-state index contributed by atoms with van der Waals surface area (Å²) >= 11 is 0. The maximum Gasteiger partial charge on any atom is 0.144 e. The average Bonchev–Trinajstić information content (AvgIpc) is 2.24. The molecule has 15 heavy (non-hydrogen) atoms. The molecule has 88 valence electrons. The van der Waals surface area contributed by atoms with Crippen molar-refractivity contribution in [3.05, 3.63) is 25.7 Å². The van der Waals surface area contributed by atoms with Gasteiger partial charge in [-0.15, -0.1) is 0 Å². The Morgan fingerprint density at radius 2 is 1.93 bits per heavy atom. The molecule has 2 atom stereocenters. The third-order valence-electron chi connectivity index (χ3n) is 2.91. The molecule has 0 saturated carbocycles. The summed E-state index contributed by atoms with van der Waals surface area (Å²) in [4.78, 5) is 0. The lowest BCUT2D eigenvalue weighted by Gasteiger charge is -2.36. The van der Waals surface area contributed by atoms with Crippen LogP contribution < -0.4 is 0 Å². The van der Waals surface area contributed by atoms with E-state index in [0.717, 1.165) is 25.7 Å². The summed E-state index contributed by atoms with van der Waals surface area (Å²) in [6, 6.07) is 0. The number of ether oxygens (including phenoxy) is 2. The van der Waals surface area contributed by atoms with E-state index in [4.69, 9.17) is 9.47 Å². The van der Waals surface area contributed by atoms with Crippen molar-refractivity contribution < 1.29 is 9.47 Å². The van der Waals surface area contributed by atoms with E-state index in [0.29, 0.717) is 0 Å². The van der Waals surface area contributed by atoms with E-state index in [1.807, 2.05) is 6.92 Å². The van der Waals surface area contributed by atoms with E-state index >= 15 is 0 Å². The third kappa shape index (κ3) is 3.98. The Balaban J connectivity index is 4.60. The van der Waals surface area contributed by atoms with Crippen LogP contribution in [0.4, 0.5) is 0 Å². The highest BCUT2D eigenvalue weighted by atomic mass is 16.5. The number of rotatable bonds is 9. The molecule has 0 aliphatic carbocycles. The van der Waals surface area contributed by atoms with Crippen molar-refractivity contribution in [2.24, 2.45) is 0 Å². The molecule has 0 aromatic heterocycles. The molecule has 0 fully saturated rings. The minimum absolute atomic E-state index is 0.00421. The van der Waals surface area contributed by atoms with Crippen molar-refractivity contribution in [1.82, 2.24) is 0 Å². The molecule has 0 aliphatic heterocycles. The van der Waals surface area contributed by atoms with E-state index in [1.54, 1.807) is 0 Å². The quantitative estimate of drug-likeness (QED) is 0.537. The summed E-state index contributed by atoms with van der Waals surface area (Å²) in [6.45, 7) is 13.5. The van der Waals surface area contributed by atoms with Gasteiger partial charge in [0.2, 0.25) is 0 Å². The second kappa shape index (κ2) is 7.38. The fourth-order valence-electron chi connectivity index (χ4n) is 1.82. The lowest BCUT2D eigenvalue weighted by Crippen LogP contribution is -2.42. The number of unbranched alkanes of at least 4 members (excludes halogenated alkanes) is 1. The van der Waals surface area contributed by atoms with Crippen molar-refractivity contribution in [3.63, 3.8) is 0 Å². The monoisotopic (exact) mass is 212 g/mol. The van der Waals surface area contributed by atoms with Gasteiger partial charge in [-0.2, -0.15) is 0 Å². The highest BCUT2D eigenvalue weighted by Crippen LogP contribution is 2.29. The predicted octanol–water partition coefficient (Wildman–Crippen LogP) is 4.03. The smallest absolute Gasteiger partial charge is 0.144 e. The zero-order valence-corrected chi connectivity index (χ0v) is 10.3. The summed E-state index contributed by atoms with van der Waals surface area (Å²) in [5.41, 5.74) is -0.258. The minimum Gasteiger partial charge on any atom is -0.495 e. The van der Waals surface area contributed by atoms with Crippen LogP contribution in [-0.2, 0) is 9.47 Å². The molecule has 0 radical (unpaired) electrons.